The van der Waals surface area contributed by atoms with E-state index in [9.17, 15) is 9.13 Å². The van der Waals surface area contributed by atoms with E-state index in [1.807, 2.05) is 0 Å². The molecular weight excluding hydrogens is 262 g/mol. The molecule has 0 aromatic carbocycles. The van der Waals surface area contributed by atoms with Crippen molar-refractivity contribution < 1.29 is 37.4 Å². The topological polar surface area (TPSA) is 123 Å². The summed E-state index contributed by atoms with van der Waals surface area (Å²) in [5, 5.41) is 0. The van der Waals surface area contributed by atoms with Crippen LogP contribution in [0.1, 0.15) is 19.8 Å². The summed E-state index contributed by atoms with van der Waals surface area (Å²) in [6.45, 7) is 1.44. The van der Waals surface area contributed by atoms with Crippen LogP contribution in [-0.4, -0.2) is 34.5 Å². The van der Waals surface area contributed by atoms with Crippen molar-refractivity contribution in [3.05, 3.63) is 0 Å². The second-order valence-corrected chi connectivity index (χ2v) is 5.44. The highest BCUT2D eigenvalue weighted by atomic mass is 31.2. The molecule has 10 heteroatoms. The van der Waals surface area contributed by atoms with Gasteiger partial charge < -0.3 is 14.7 Å². The monoisotopic (exact) mass is 278 g/mol. The van der Waals surface area contributed by atoms with Gasteiger partial charge in [-0.25, -0.2) is 9.13 Å². The van der Waals surface area contributed by atoms with Crippen LogP contribution in [0.15, 0.2) is 0 Å². The van der Waals surface area contributed by atoms with Crippen molar-refractivity contribution in [1.29, 1.82) is 0 Å². The third-order valence-corrected chi connectivity index (χ3v) is 2.96. The molecule has 3 N–H and O–H groups in total. The highest BCUT2D eigenvalue weighted by molar-refractivity contribution is 7.47. The lowest BCUT2D eigenvalue weighted by Gasteiger charge is -2.10. The molecule has 0 saturated carbocycles. The van der Waals surface area contributed by atoms with Gasteiger partial charge in [-0.15, -0.1) is 0 Å². The molecule has 16 heavy (non-hydrogen) atoms. The zero-order valence-corrected chi connectivity index (χ0v) is 10.6. The van der Waals surface area contributed by atoms with E-state index >= 15 is 0 Å². The zero-order valence-electron chi connectivity index (χ0n) is 8.81. The Morgan fingerprint density at radius 3 is 1.88 bits per heavy atom. The van der Waals surface area contributed by atoms with Crippen molar-refractivity contribution in [2.75, 3.05) is 19.8 Å². The normalized spacial score (nSPS) is 16.0. The summed E-state index contributed by atoms with van der Waals surface area (Å²) in [5.74, 6) is 0. The van der Waals surface area contributed by atoms with Crippen molar-refractivity contribution in [2.45, 2.75) is 19.8 Å². The highest BCUT2D eigenvalue weighted by Crippen LogP contribution is 2.43. The summed E-state index contributed by atoms with van der Waals surface area (Å²) in [5.41, 5.74) is 0. The standard InChI is InChI=1S/C6H16O8P2/c1-2-12-16(10,11)14-6-4-3-5-13-15(7,8)9/h2-6H2,1H3,(H,10,11)(H2,7,8,9). The number of phosphoric acid groups is 2. The lowest BCUT2D eigenvalue weighted by atomic mass is 10.3. The van der Waals surface area contributed by atoms with E-state index in [0.717, 1.165) is 0 Å². The molecule has 98 valence electrons. The van der Waals surface area contributed by atoms with Gasteiger partial charge in [0.05, 0.1) is 19.8 Å². The van der Waals surface area contributed by atoms with Gasteiger partial charge >= 0.3 is 15.6 Å². The van der Waals surface area contributed by atoms with Crippen LogP contribution in [0.3, 0.4) is 0 Å². The summed E-state index contributed by atoms with van der Waals surface area (Å²) < 4.78 is 34.3. The first-order valence-electron chi connectivity index (χ1n) is 4.59. The molecule has 0 fully saturated rings. The maximum Gasteiger partial charge on any atom is 0.472 e. The Hall–Kier alpha value is 0.220. The maximum absolute atomic E-state index is 11.0. The molecule has 0 aliphatic heterocycles. The first-order chi connectivity index (χ1) is 7.27. The number of hydrogen-bond donors (Lipinski definition) is 3. The van der Waals surface area contributed by atoms with Gasteiger partial charge in [-0.05, 0) is 19.8 Å². The summed E-state index contributed by atoms with van der Waals surface area (Å²) in [7, 11) is -8.40. The smallest absolute Gasteiger partial charge is 0.303 e. The SMILES string of the molecule is CCOP(=O)(O)OCCCCOP(=O)(O)O. The van der Waals surface area contributed by atoms with E-state index in [1.54, 1.807) is 6.92 Å². The molecule has 0 aliphatic carbocycles. The first kappa shape index (κ1) is 16.2. The quantitative estimate of drug-likeness (QED) is 0.422. The van der Waals surface area contributed by atoms with Crippen LogP contribution in [0.5, 0.6) is 0 Å². The van der Waals surface area contributed by atoms with E-state index in [1.165, 1.54) is 0 Å². The summed E-state index contributed by atoms with van der Waals surface area (Å²) >= 11 is 0. The van der Waals surface area contributed by atoms with E-state index < -0.39 is 15.6 Å². The van der Waals surface area contributed by atoms with Crippen LogP contribution in [0.4, 0.5) is 0 Å². The Bertz CT molecular complexity index is 274. The first-order valence-corrected chi connectivity index (χ1v) is 7.61. The molecule has 0 aromatic rings. The lowest BCUT2D eigenvalue weighted by molar-refractivity contribution is 0.146. The Labute approximate surface area is 93.4 Å². The van der Waals surface area contributed by atoms with Crippen LogP contribution < -0.4 is 0 Å². The second-order valence-electron chi connectivity index (χ2n) is 2.75. The van der Waals surface area contributed by atoms with E-state index in [0.29, 0.717) is 12.8 Å². The molecule has 1 unspecified atom stereocenters. The van der Waals surface area contributed by atoms with Crippen molar-refractivity contribution in [3.8, 4) is 0 Å². The zero-order chi connectivity index (χ0) is 12.7. The summed E-state index contributed by atoms with van der Waals surface area (Å²) in [4.78, 5) is 25.6. The molecule has 0 aliphatic rings. The predicted octanol–water partition coefficient (Wildman–Crippen LogP) is 1.03. The molecule has 0 spiro atoms. The van der Waals surface area contributed by atoms with Gasteiger partial charge in [0.2, 0.25) is 0 Å². The van der Waals surface area contributed by atoms with Crippen molar-refractivity contribution >= 4 is 15.6 Å². The Kier molecular flexibility index (Phi) is 7.63. The highest BCUT2D eigenvalue weighted by Gasteiger charge is 2.19. The molecular formula is C6H16O8P2. The molecule has 0 rings (SSSR count). The average Bonchev–Trinajstić information content (AvgIpc) is 2.09. The van der Waals surface area contributed by atoms with Gasteiger partial charge in [0.15, 0.2) is 0 Å². The van der Waals surface area contributed by atoms with Crippen LogP contribution in [0, 0.1) is 0 Å². The van der Waals surface area contributed by atoms with Crippen LogP contribution in [0.2, 0.25) is 0 Å². The number of unbranched alkanes of at least 4 members (excludes halogenated alkanes) is 1. The Balaban J connectivity index is 3.47. The van der Waals surface area contributed by atoms with Crippen molar-refractivity contribution in [3.63, 3.8) is 0 Å². The van der Waals surface area contributed by atoms with Gasteiger partial charge in [-0.1, -0.05) is 0 Å². The van der Waals surface area contributed by atoms with Crippen LogP contribution in [-0.2, 0) is 22.7 Å². The molecule has 0 bridgehead atoms. The number of hydrogen-bond acceptors (Lipinski definition) is 5. The third-order valence-electron chi connectivity index (χ3n) is 1.34. The molecule has 0 radical (unpaired) electrons. The minimum absolute atomic E-state index is 0.0434. The fourth-order valence-corrected chi connectivity index (χ4v) is 1.90. The Morgan fingerprint density at radius 2 is 1.44 bits per heavy atom. The van der Waals surface area contributed by atoms with Gasteiger partial charge in [-0.3, -0.25) is 13.6 Å². The summed E-state index contributed by atoms with van der Waals surface area (Å²) in [6, 6.07) is 0. The lowest BCUT2D eigenvalue weighted by Crippen LogP contribution is -1.99. The maximum atomic E-state index is 11.0. The predicted molar refractivity (Wildman–Crippen MR) is 54.6 cm³/mol. The minimum Gasteiger partial charge on any atom is -0.303 e. The van der Waals surface area contributed by atoms with Gasteiger partial charge in [0.25, 0.3) is 0 Å². The van der Waals surface area contributed by atoms with E-state index in [4.69, 9.17) is 14.7 Å². The largest absolute Gasteiger partial charge is 0.472 e. The second kappa shape index (κ2) is 7.53. The molecule has 0 heterocycles. The van der Waals surface area contributed by atoms with Crippen molar-refractivity contribution in [1.82, 2.24) is 0 Å². The van der Waals surface area contributed by atoms with Gasteiger partial charge in [-0.2, -0.15) is 0 Å². The Morgan fingerprint density at radius 1 is 0.938 bits per heavy atom. The van der Waals surface area contributed by atoms with Crippen molar-refractivity contribution in [2.24, 2.45) is 0 Å². The minimum atomic E-state index is -4.43. The molecule has 8 nitrogen and oxygen atoms in total. The average molecular weight is 278 g/mol. The molecule has 1 atom stereocenters. The number of rotatable bonds is 9. The van der Waals surface area contributed by atoms with E-state index in [-0.39, 0.29) is 19.8 Å². The fraction of sp³-hybridized carbons (Fsp3) is 1.00. The van der Waals surface area contributed by atoms with Crippen LogP contribution in [0.25, 0.3) is 0 Å². The van der Waals surface area contributed by atoms with Crippen LogP contribution >= 0.6 is 15.6 Å². The fourth-order valence-electron chi connectivity index (χ4n) is 0.768. The molecule has 0 saturated heterocycles. The number of phosphoric ester groups is 2. The van der Waals surface area contributed by atoms with E-state index in [2.05, 4.69) is 13.6 Å². The van der Waals surface area contributed by atoms with Gasteiger partial charge in [0.1, 0.15) is 0 Å². The summed E-state index contributed by atoms with van der Waals surface area (Å²) in [6.07, 6.45) is 0.634. The third kappa shape index (κ3) is 10.7. The molecule has 0 amide bonds. The molecule has 0 aromatic heterocycles. The van der Waals surface area contributed by atoms with Gasteiger partial charge in [0, 0.05) is 0 Å².